The van der Waals surface area contributed by atoms with E-state index in [1.165, 1.54) is 0 Å². The molecule has 0 radical (unpaired) electrons. The van der Waals surface area contributed by atoms with Crippen molar-refractivity contribution in [2.75, 3.05) is 6.61 Å². The van der Waals surface area contributed by atoms with Crippen molar-refractivity contribution in [3.05, 3.63) is 21.9 Å². The van der Waals surface area contributed by atoms with Gasteiger partial charge in [0.2, 0.25) is 5.70 Å². The maximum Gasteiger partial charge on any atom is 0.242 e. The predicted molar refractivity (Wildman–Crippen MR) is 53.6 cm³/mol. The molecule has 0 N–H and O–H groups in total. The molecule has 14 heavy (non-hydrogen) atoms. The number of nitrogens with zero attached hydrogens (tertiary/aromatic N) is 1. The molecule has 0 aromatic carbocycles. The second-order valence-corrected chi connectivity index (χ2v) is 3.57. The molecule has 0 aromatic rings. The maximum absolute atomic E-state index is 10.4. The summed E-state index contributed by atoms with van der Waals surface area (Å²) in [6.07, 6.45) is 6.12. The average molecular weight is 199 g/mol. The van der Waals surface area contributed by atoms with Crippen LogP contribution in [0, 0.1) is 10.1 Å². The maximum atomic E-state index is 10.4. The second kappa shape index (κ2) is 5.75. The van der Waals surface area contributed by atoms with Gasteiger partial charge in [-0.1, -0.05) is 13.3 Å². The first kappa shape index (κ1) is 11.2. The van der Waals surface area contributed by atoms with E-state index in [2.05, 4.69) is 6.92 Å². The van der Waals surface area contributed by atoms with Crippen LogP contribution in [0.1, 0.15) is 39.0 Å². The smallest absolute Gasteiger partial charge is 0.242 e. The van der Waals surface area contributed by atoms with Crippen LogP contribution in [0.15, 0.2) is 11.8 Å². The van der Waals surface area contributed by atoms with Crippen LogP contribution in [-0.4, -0.2) is 17.6 Å². The zero-order chi connectivity index (χ0) is 10.4. The normalized spacial score (nSPS) is 21.8. The Morgan fingerprint density at radius 3 is 3.00 bits per heavy atom. The zero-order valence-electron chi connectivity index (χ0n) is 8.57. The van der Waals surface area contributed by atoms with Crippen molar-refractivity contribution in [3.63, 3.8) is 0 Å². The Balaban J connectivity index is 2.24. The molecule has 0 bridgehead atoms. The van der Waals surface area contributed by atoms with Gasteiger partial charge in [0.1, 0.15) is 0 Å². The van der Waals surface area contributed by atoms with Gasteiger partial charge in [0.15, 0.2) is 0 Å². The Morgan fingerprint density at radius 2 is 2.50 bits per heavy atom. The molecule has 1 rings (SSSR count). The molecule has 1 atom stereocenters. The summed E-state index contributed by atoms with van der Waals surface area (Å²) < 4.78 is 5.58. The molecule has 1 aliphatic carbocycles. The fourth-order valence-corrected chi connectivity index (χ4v) is 1.51. The average Bonchev–Trinajstić information content (AvgIpc) is 2.19. The Bertz CT molecular complexity index is 225. The third-order valence-corrected chi connectivity index (χ3v) is 2.42. The predicted octanol–water partition coefficient (Wildman–Crippen LogP) is 2.52. The van der Waals surface area contributed by atoms with Crippen LogP contribution >= 0.6 is 0 Å². The van der Waals surface area contributed by atoms with E-state index in [1.807, 2.05) is 0 Å². The van der Waals surface area contributed by atoms with Gasteiger partial charge in [-0.2, -0.15) is 0 Å². The quantitative estimate of drug-likeness (QED) is 0.388. The first-order valence-corrected chi connectivity index (χ1v) is 5.19. The van der Waals surface area contributed by atoms with Crippen LogP contribution in [0.25, 0.3) is 0 Å². The molecule has 0 aliphatic heterocycles. The van der Waals surface area contributed by atoms with Gasteiger partial charge in [-0.3, -0.25) is 10.1 Å². The van der Waals surface area contributed by atoms with E-state index in [9.17, 15) is 10.1 Å². The van der Waals surface area contributed by atoms with E-state index in [0.29, 0.717) is 18.5 Å². The standard InChI is InChI=1S/C10H17NO3/c1-2-3-8-14-10-6-4-9(5-7-10)11(12)13/h4,10H,2-3,5-8H2,1H3. The molecular weight excluding hydrogens is 182 g/mol. The number of unbranched alkanes of at least 4 members (excludes halogenated alkanes) is 1. The van der Waals surface area contributed by atoms with Gasteiger partial charge >= 0.3 is 0 Å². The van der Waals surface area contributed by atoms with Crippen molar-refractivity contribution in [1.29, 1.82) is 0 Å². The van der Waals surface area contributed by atoms with E-state index in [1.54, 1.807) is 6.08 Å². The van der Waals surface area contributed by atoms with Crippen molar-refractivity contribution in [2.45, 2.75) is 45.1 Å². The molecule has 0 aromatic heterocycles. The molecule has 0 fully saturated rings. The largest absolute Gasteiger partial charge is 0.378 e. The molecule has 4 heteroatoms. The van der Waals surface area contributed by atoms with Crippen molar-refractivity contribution in [3.8, 4) is 0 Å². The van der Waals surface area contributed by atoms with Crippen molar-refractivity contribution >= 4 is 0 Å². The highest BCUT2D eigenvalue weighted by atomic mass is 16.6. The van der Waals surface area contributed by atoms with E-state index in [-0.39, 0.29) is 11.0 Å². The van der Waals surface area contributed by atoms with Crippen LogP contribution in [0.3, 0.4) is 0 Å². The minimum absolute atomic E-state index is 0.199. The van der Waals surface area contributed by atoms with Crippen molar-refractivity contribution in [1.82, 2.24) is 0 Å². The summed E-state index contributed by atoms with van der Waals surface area (Å²) in [5.74, 6) is 0. The lowest BCUT2D eigenvalue weighted by Gasteiger charge is -2.18. The lowest BCUT2D eigenvalue weighted by Crippen LogP contribution is -2.18. The summed E-state index contributed by atoms with van der Waals surface area (Å²) >= 11 is 0. The Kier molecular flexibility index (Phi) is 4.59. The third-order valence-electron chi connectivity index (χ3n) is 2.42. The molecule has 1 aliphatic rings. The summed E-state index contributed by atoms with van der Waals surface area (Å²) in [5, 5.41) is 10.4. The van der Waals surface area contributed by atoms with Crippen LogP contribution in [-0.2, 0) is 4.74 Å². The molecule has 1 unspecified atom stereocenters. The van der Waals surface area contributed by atoms with Crippen molar-refractivity contribution in [2.24, 2.45) is 0 Å². The molecule has 0 saturated heterocycles. The third kappa shape index (κ3) is 3.46. The lowest BCUT2D eigenvalue weighted by molar-refractivity contribution is -0.429. The highest BCUT2D eigenvalue weighted by molar-refractivity contribution is 4.98. The van der Waals surface area contributed by atoms with Crippen LogP contribution in [0.4, 0.5) is 0 Å². The van der Waals surface area contributed by atoms with Crippen molar-refractivity contribution < 1.29 is 9.66 Å². The van der Waals surface area contributed by atoms with Crippen LogP contribution in [0.2, 0.25) is 0 Å². The van der Waals surface area contributed by atoms with E-state index < -0.39 is 0 Å². The monoisotopic (exact) mass is 199 g/mol. The minimum atomic E-state index is -0.289. The number of hydrogen-bond acceptors (Lipinski definition) is 3. The zero-order valence-corrected chi connectivity index (χ0v) is 8.57. The summed E-state index contributed by atoms with van der Waals surface area (Å²) in [4.78, 5) is 10.1. The van der Waals surface area contributed by atoms with E-state index >= 15 is 0 Å². The molecule has 0 saturated carbocycles. The minimum Gasteiger partial charge on any atom is -0.378 e. The molecule has 0 heterocycles. The molecular formula is C10H17NO3. The number of nitro groups is 1. The summed E-state index contributed by atoms with van der Waals surface area (Å²) in [6.45, 7) is 2.90. The topological polar surface area (TPSA) is 52.4 Å². The van der Waals surface area contributed by atoms with Gasteiger partial charge in [-0.25, -0.2) is 0 Å². The second-order valence-electron chi connectivity index (χ2n) is 3.57. The molecule has 0 amide bonds. The van der Waals surface area contributed by atoms with Gasteiger partial charge < -0.3 is 4.74 Å². The highest BCUT2D eigenvalue weighted by Gasteiger charge is 2.20. The molecule has 4 nitrogen and oxygen atoms in total. The fourth-order valence-electron chi connectivity index (χ4n) is 1.51. The van der Waals surface area contributed by atoms with E-state index in [4.69, 9.17) is 4.74 Å². The van der Waals surface area contributed by atoms with Gasteiger partial charge in [-0.15, -0.1) is 0 Å². The number of rotatable bonds is 5. The number of ether oxygens (including phenoxy) is 1. The fraction of sp³-hybridized carbons (Fsp3) is 0.800. The summed E-state index contributed by atoms with van der Waals surface area (Å²) in [5.41, 5.74) is 0.348. The van der Waals surface area contributed by atoms with Gasteiger partial charge in [0.25, 0.3) is 0 Å². The van der Waals surface area contributed by atoms with Crippen LogP contribution < -0.4 is 0 Å². The summed E-state index contributed by atoms with van der Waals surface area (Å²) in [6, 6.07) is 0. The Labute approximate surface area is 84.1 Å². The number of allylic oxidation sites excluding steroid dienone is 1. The highest BCUT2D eigenvalue weighted by Crippen LogP contribution is 2.20. The summed E-state index contributed by atoms with van der Waals surface area (Å²) in [7, 11) is 0. The lowest BCUT2D eigenvalue weighted by atomic mass is 10.0. The Morgan fingerprint density at radius 1 is 1.71 bits per heavy atom. The van der Waals surface area contributed by atoms with E-state index in [0.717, 1.165) is 25.9 Å². The van der Waals surface area contributed by atoms with Crippen LogP contribution in [0.5, 0.6) is 0 Å². The first-order chi connectivity index (χ1) is 6.74. The SMILES string of the molecule is CCCCOC1CC=C([N+](=O)[O-])CC1. The number of hydrogen-bond donors (Lipinski definition) is 0. The molecule has 0 spiro atoms. The first-order valence-electron chi connectivity index (χ1n) is 5.19. The Hall–Kier alpha value is -0.900. The molecule has 80 valence electrons. The van der Waals surface area contributed by atoms with Gasteiger partial charge in [-0.05, 0) is 25.3 Å². The van der Waals surface area contributed by atoms with Gasteiger partial charge in [0, 0.05) is 13.0 Å². The van der Waals surface area contributed by atoms with Gasteiger partial charge in [0.05, 0.1) is 11.0 Å².